The van der Waals surface area contributed by atoms with Crippen LogP contribution in [0.25, 0.3) is 0 Å². The zero-order chi connectivity index (χ0) is 25.2. The summed E-state index contributed by atoms with van der Waals surface area (Å²) in [4.78, 5) is 18.5. The van der Waals surface area contributed by atoms with Crippen molar-refractivity contribution >= 4 is 15.9 Å². The largest absolute Gasteiger partial charge is 0.487 e. The van der Waals surface area contributed by atoms with Crippen LogP contribution in [-0.4, -0.2) is 72.5 Å². The fourth-order valence-electron chi connectivity index (χ4n) is 4.10. The minimum Gasteiger partial charge on any atom is -0.487 e. The van der Waals surface area contributed by atoms with E-state index in [2.05, 4.69) is 16.8 Å². The molecule has 0 radical (unpaired) electrons. The van der Waals surface area contributed by atoms with Crippen molar-refractivity contribution in [2.45, 2.75) is 43.7 Å². The third kappa shape index (κ3) is 5.67. The maximum atomic E-state index is 13.6. The Kier molecular flexibility index (Phi) is 7.45. The van der Waals surface area contributed by atoms with Gasteiger partial charge in [-0.15, -0.1) is 0 Å². The van der Waals surface area contributed by atoms with Crippen LogP contribution in [0.3, 0.4) is 0 Å². The molecule has 1 fully saturated rings. The van der Waals surface area contributed by atoms with Crippen molar-refractivity contribution in [3.8, 4) is 17.6 Å². The van der Waals surface area contributed by atoms with Crippen molar-refractivity contribution < 1.29 is 23.1 Å². The predicted octanol–water partition coefficient (Wildman–Crippen LogP) is 2.12. The van der Waals surface area contributed by atoms with E-state index in [1.807, 2.05) is 13.0 Å². The van der Waals surface area contributed by atoms with E-state index >= 15 is 0 Å². The number of rotatable bonds is 5. The van der Waals surface area contributed by atoms with Crippen LogP contribution in [0.4, 0.5) is 0 Å². The maximum absolute atomic E-state index is 13.6. The van der Waals surface area contributed by atoms with Crippen LogP contribution in [0.15, 0.2) is 47.5 Å². The summed E-state index contributed by atoms with van der Waals surface area (Å²) in [5, 5.41) is 9.78. The van der Waals surface area contributed by atoms with Crippen LogP contribution >= 0.6 is 0 Å². The average molecular weight is 498 g/mol. The van der Waals surface area contributed by atoms with Gasteiger partial charge in [-0.2, -0.15) is 4.31 Å². The Bertz CT molecular complexity index is 1230. The lowest BCUT2D eigenvalue weighted by atomic mass is 10.0. The summed E-state index contributed by atoms with van der Waals surface area (Å²) in [5.41, 5.74) is 1.18. The van der Waals surface area contributed by atoms with E-state index < -0.39 is 22.2 Å². The van der Waals surface area contributed by atoms with Gasteiger partial charge in [0.05, 0.1) is 13.2 Å². The van der Waals surface area contributed by atoms with E-state index in [0.29, 0.717) is 17.8 Å². The number of ether oxygens (including phenoxy) is 1. The van der Waals surface area contributed by atoms with Crippen molar-refractivity contribution in [2.75, 3.05) is 26.7 Å². The molecule has 1 amide bonds. The molecule has 186 valence electrons. The predicted molar refractivity (Wildman–Crippen MR) is 131 cm³/mol. The zero-order valence-corrected chi connectivity index (χ0v) is 21.0. The standard InChI is InChI=1S/C26H31N3O5S/c1-18-15-29(19(2)17-30)35(32,33)25-12-8-20(7-11-22-6-4-5-13-27-22)14-23(25)34-24(18)16-28(3)26(31)21-9-10-21/h4-6,8,12-14,18-19,21,24,30H,9-10,15-17H2,1-3H3/t18-,19+,24-/m0/s1. The molecular weight excluding hydrogens is 466 g/mol. The van der Waals surface area contributed by atoms with Gasteiger partial charge in [0.15, 0.2) is 0 Å². The second-order valence-corrected chi connectivity index (χ2v) is 11.2. The number of aliphatic hydroxyl groups excluding tert-OH is 1. The molecule has 8 nitrogen and oxygen atoms in total. The molecule has 1 aliphatic heterocycles. The van der Waals surface area contributed by atoms with E-state index in [-0.39, 0.29) is 41.5 Å². The Labute approximate surface area is 207 Å². The Morgan fingerprint density at radius 2 is 2.06 bits per heavy atom. The summed E-state index contributed by atoms with van der Waals surface area (Å²) in [7, 11) is -2.18. The Hall–Kier alpha value is -2.93. The summed E-state index contributed by atoms with van der Waals surface area (Å²) in [5.74, 6) is 6.13. The first kappa shape index (κ1) is 25.2. The highest BCUT2D eigenvalue weighted by atomic mass is 32.2. The molecule has 2 aliphatic rings. The quantitative estimate of drug-likeness (QED) is 0.636. The highest BCUT2D eigenvalue weighted by Gasteiger charge is 2.39. The fourth-order valence-corrected chi connectivity index (χ4v) is 5.92. The molecule has 35 heavy (non-hydrogen) atoms. The van der Waals surface area contributed by atoms with Gasteiger partial charge in [0, 0.05) is 43.2 Å². The van der Waals surface area contributed by atoms with Gasteiger partial charge in [0.2, 0.25) is 15.9 Å². The molecule has 1 aliphatic carbocycles. The molecule has 9 heteroatoms. The number of pyridine rings is 1. The van der Waals surface area contributed by atoms with Crippen LogP contribution in [0.5, 0.6) is 5.75 Å². The van der Waals surface area contributed by atoms with Crippen molar-refractivity contribution in [3.05, 3.63) is 53.9 Å². The van der Waals surface area contributed by atoms with E-state index in [4.69, 9.17) is 4.74 Å². The topological polar surface area (TPSA) is 100 Å². The van der Waals surface area contributed by atoms with Crippen LogP contribution in [0, 0.1) is 23.7 Å². The summed E-state index contributed by atoms with van der Waals surface area (Å²) < 4.78 is 34.8. The van der Waals surface area contributed by atoms with Crippen LogP contribution in [0.1, 0.15) is 37.9 Å². The van der Waals surface area contributed by atoms with Crippen LogP contribution in [-0.2, 0) is 14.8 Å². The van der Waals surface area contributed by atoms with Crippen LogP contribution in [0.2, 0.25) is 0 Å². The molecule has 2 aromatic rings. The number of nitrogens with zero attached hydrogens (tertiary/aromatic N) is 3. The second kappa shape index (κ2) is 10.4. The number of hydrogen-bond donors (Lipinski definition) is 1. The normalized spacial score (nSPS) is 22.4. The SMILES string of the molecule is C[C@H](CO)N1C[C@H](C)[C@H](CN(C)C(=O)C2CC2)Oc2cc(C#Cc3ccccn3)ccc2S1(=O)=O. The summed E-state index contributed by atoms with van der Waals surface area (Å²) in [6, 6.07) is 9.59. The minimum atomic E-state index is -3.94. The number of amides is 1. The highest BCUT2D eigenvalue weighted by Crippen LogP contribution is 2.35. The molecule has 1 N–H and O–H groups in total. The fraction of sp³-hybridized carbons (Fsp3) is 0.462. The van der Waals surface area contributed by atoms with Gasteiger partial charge in [-0.3, -0.25) is 4.79 Å². The smallest absolute Gasteiger partial charge is 0.247 e. The van der Waals surface area contributed by atoms with Gasteiger partial charge in [-0.25, -0.2) is 13.4 Å². The third-order valence-corrected chi connectivity index (χ3v) is 8.44. The van der Waals surface area contributed by atoms with Gasteiger partial charge < -0.3 is 14.7 Å². The van der Waals surface area contributed by atoms with Gasteiger partial charge in [-0.05, 0) is 56.0 Å². The van der Waals surface area contributed by atoms with E-state index in [1.54, 1.807) is 49.3 Å². The lowest BCUT2D eigenvalue weighted by Gasteiger charge is -2.37. The molecule has 0 unspecified atom stereocenters. The number of carbonyl (C=O) groups excluding carboxylic acids is 1. The van der Waals surface area contributed by atoms with Crippen molar-refractivity contribution in [2.24, 2.45) is 11.8 Å². The van der Waals surface area contributed by atoms with Gasteiger partial charge in [0.25, 0.3) is 0 Å². The number of carbonyl (C=O) groups is 1. The monoisotopic (exact) mass is 497 g/mol. The lowest BCUT2D eigenvalue weighted by Crippen LogP contribution is -2.50. The first-order valence-electron chi connectivity index (χ1n) is 11.8. The number of hydrogen-bond acceptors (Lipinski definition) is 6. The van der Waals surface area contributed by atoms with E-state index in [9.17, 15) is 18.3 Å². The minimum absolute atomic E-state index is 0.0225. The molecule has 0 bridgehead atoms. The summed E-state index contributed by atoms with van der Waals surface area (Å²) in [6.45, 7) is 3.78. The van der Waals surface area contributed by atoms with Crippen molar-refractivity contribution in [3.63, 3.8) is 0 Å². The Balaban J connectivity index is 1.72. The number of aliphatic hydroxyl groups is 1. The highest BCUT2D eigenvalue weighted by molar-refractivity contribution is 7.89. The molecule has 1 saturated carbocycles. The first-order valence-corrected chi connectivity index (χ1v) is 13.3. The molecule has 1 aromatic heterocycles. The molecule has 1 aromatic carbocycles. The molecule has 0 saturated heterocycles. The number of likely N-dealkylation sites (N-methyl/N-ethyl adjacent to an activating group) is 1. The second-order valence-electron chi connectivity index (χ2n) is 9.36. The first-order chi connectivity index (χ1) is 16.7. The van der Waals surface area contributed by atoms with Crippen molar-refractivity contribution in [1.29, 1.82) is 0 Å². The summed E-state index contributed by atoms with van der Waals surface area (Å²) >= 11 is 0. The van der Waals surface area contributed by atoms with Gasteiger partial charge in [0.1, 0.15) is 22.4 Å². The molecular formula is C26H31N3O5S. The van der Waals surface area contributed by atoms with E-state index in [1.165, 1.54) is 10.4 Å². The Morgan fingerprint density at radius 1 is 1.29 bits per heavy atom. The molecule has 4 rings (SSSR count). The van der Waals surface area contributed by atoms with Gasteiger partial charge >= 0.3 is 0 Å². The summed E-state index contributed by atoms with van der Waals surface area (Å²) in [6.07, 6.45) is 3.03. The van der Waals surface area contributed by atoms with Crippen molar-refractivity contribution in [1.82, 2.24) is 14.2 Å². The Morgan fingerprint density at radius 3 is 2.71 bits per heavy atom. The molecule has 2 heterocycles. The molecule has 3 atom stereocenters. The average Bonchev–Trinajstić information content (AvgIpc) is 3.70. The number of benzene rings is 1. The maximum Gasteiger partial charge on any atom is 0.247 e. The number of aromatic nitrogens is 1. The van der Waals surface area contributed by atoms with E-state index in [0.717, 1.165) is 12.8 Å². The van der Waals surface area contributed by atoms with Gasteiger partial charge in [-0.1, -0.05) is 18.9 Å². The number of sulfonamides is 1. The lowest BCUT2D eigenvalue weighted by molar-refractivity contribution is -0.132. The van der Waals surface area contributed by atoms with Crippen LogP contribution < -0.4 is 4.74 Å². The number of fused-ring (bicyclic) bond motifs is 1. The zero-order valence-electron chi connectivity index (χ0n) is 20.2. The third-order valence-electron chi connectivity index (χ3n) is 6.42. The molecule has 0 spiro atoms.